The quantitative estimate of drug-likeness (QED) is 0.450. The van der Waals surface area contributed by atoms with E-state index in [0.29, 0.717) is 23.1 Å². The van der Waals surface area contributed by atoms with E-state index in [1.54, 1.807) is 0 Å². The Morgan fingerprint density at radius 1 is 1.25 bits per heavy atom. The summed E-state index contributed by atoms with van der Waals surface area (Å²) in [7, 11) is 0. The molecule has 0 aromatic carbocycles. The summed E-state index contributed by atoms with van der Waals surface area (Å²) < 4.78 is 0. The van der Waals surface area contributed by atoms with Crippen LogP contribution in [0.2, 0.25) is 0 Å². The number of aliphatic hydroxyl groups is 1. The summed E-state index contributed by atoms with van der Waals surface area (Å²) in [6, 6.07) is 0. The van der Waals surface area contributed by atoms with Crippen molar-refractivity contribution in [2.45, 2.75) is 24.3 Å². The van der Waals surface area contributed by atoms with Crippen LogP contribution in [0.4, 0.5) is 0 Å². The number of aliphatic hydroxyl groups excluding tert-OH is 1. The molecule has 0 aromatic heterocycles. The summed E-state index contributed by atoms with van der Waals surface area (Å²) >= 11 is 6.20. The van der Waals surface area contributed by atoms with Crippen molar-refractivity contribution in [3.05, 3.63) is 12.2 Å². The van der Waals surface area contributed by atoms with Crippen LogP contribution in [-0.4, -0.2) is 16.6 Å². The van der Waals surface area contributed by atoms with Gasteiger partial charge in [-0.25, -0.2) is 0 Å². The van der Waals surface area contributed by atoms with Crippen molar-refractivity contribution < 1.29 is 5.11 Å². The van der Waals surface area contributed by atoms with Crippen LogP contribution in [0.1, 0.15) is 12.8 Å². The Hall–Kier alpha value is -0.0100. The number of hydrogen-bond donors (Lipinski definition) is 1. The van der Waals surface area contributed by atoms with Gasteiger partial charge >= 0.3 is 0 Å². The highest BCUT2D eigenvalue weighted by molar-refractivity contribution is 6.21. The first-order valence-corrected chi connectivity index (χ1v) is 5.21. The van der Waals surface area contributed by atoms with Gasteiger partial charge in [0.05, 0.1) is 6.10 Å². The van der Waals surface area contributed by atoms with Gasteiger partial charge in [-0.05, 0) is 36.5 Å². The summed E-state index contributed by atoms with van der Waals surface area (Å²) in [5, 5.41) is 10.0. The number of halogens is 1. The van der Waals surface area contributed by atoms with Crippen molar-refractivity contribution in [2.75, 3.05) is 0 Å². The van der Waals surface area contributed by atoms with Gasteiger partial charge < -0.3 is 5.11 Å². The first-order chi connectivity index (χ1) is 5.77. The molecule has 6 atom stereocenters. The molecule has 12 heavy (non-hydrogen) atoms. The molecule has 3 aliphatic carbocycles. The maximum absolute atomic E-state index is 9.69. The summed E-state index contributed by atoms with van der Waals surface area (Å²) in [6.07, 6.45) is 6.40. The van der Waals surface area contributed by atoms with E-state index in [0.717, 1.165) is 5.92 Å². The van der Waals surface area contributed by atoms with Crippen LogP contribution in [0.15, 0.2) is 12.2 Å². The minimum absolute atomic E-state index is 0.202. The van der Waals surface area contributed by atoms with Crippen LogP contribution in [0, 0.1) is 23.7 Å². The molecule has 2 saturated carbocycles. The Morgan fingerprint density at radius 2 is 2.08 bits per heavy atom. The SMILES string of the molecule is O[C@H]1C=C[C@@H]2[C@@H]3C[C@@H]([C@H]21)[C@@H](Cl)C3. The minimum atomic E-state index is -0.202. The van der Waals surface area contributed by atoms with Crippen LogP contribution in [0.25, 0.3) is 0 Å². The molecular weight excluding hydrogens is 172 g/mol. The summed E-state index contributed by atoms with van der Waals surface area (Å²) in [6.45, 7) is 0. The molecule has 0 spiro atoms. The number of rotatable bonds is 0. The van der Waals surface area contributed by atoms with Gasteiger partial charge in [0.15, 0.2) is 0 Å². The second-order valence-electron chi connectivity index (χ2n) is 4.44. The maximum atomic E-state index is 9.69. The fourth-order valence-corrected chi connectivity index (χ4v) is 4.01. The fourth-order valence-electron chi connectivity index (χ4n) is 3.51. The largest absolute Gasteiger partial charge is 0.389 e. The van der Waals surface area contributed by atoms with E-state index in [1.165, 1.54) is 12.8 Å². The van der Waals surface area contributed by atoms with Gasteiger partial charge in [-0.3, -0.25) is 0 Å². The highest BCUT2D eigenvalue weighted by atomic mass is 35.5. The monoisotopic (exact) mass is 184 g/mol. The molecule has 3 aliphatic rings. The van der Waals surface area contributed by atoms with E-state index in [2.05, 4.69) is 6.08 Å². The third kappa shape index (κ3) is 0.742. The molecule has 0 aliphatic heterocycles. The van der Waals surface area contributed by atoms with Gasteiger partial charge in [0.25, 0.3) is 0 Å². The molecular formula is C10H13ClO. The topological polar surface area (TPSA) is 20.2 Å². The summed E-state index contributed by atoms with van der Waals surface area (Å²) in [5.74, 6) is 2.48. The van der Waals surface area contributed by atoms with Crippen LogP contribution in [0.5, 0.6) is 0 Å². The number of alkyl halides is 1. The van der Waals surface area contributed by atoms with Crippen molar-refractivity contribution in [3.63, 3.8) is 0 Å². The Balaban J connectivity index is 1.94. The standard InChI is InChI=1S/C10H13ClO/c11-8-4-5-3-7(8)10-6(5)1-2-9(10)12/h1-2,5-10,12H,3-4H2/t5-,6-,7-,8+,9+,10+/m1/s1. The average Bonchev–Trinajstić information content (AvgIpc) is 2.62. The second kappa shape index (κ2) is 2.27. The average molecular weight is 185 g/mol. The third-order valence-electron chi connectivity index (χ3n) is 3.98. The molecule has 0 saturated heterocycles. The van der Waals surface area contributed by atoms with Crippen molar-refractivity contribution in [1.29, 1.82) is 0 Å². The molecule has 0 aromatic rings. The van der Waals surface area contributed by atoms with Gasteiger partial charge in [-0.2, -0.15) is 0 Å². The van der Waals surface area contributed by atoms with Crippen LogP contribution >= 0.6 is 11.6 Å². The lowest BCUT2D eigenvalue weighted by molar-refractivity contribution is 0.107. The number of allylic oxidation sites excluding steroid dienone is 1. The van der Waals surface area contributed by atoms with E-state index in [4.69, 9.17) is 11.6 Å². The van der Waals surface area contributed by atoms with Gasteiger partial charge in [0.2, 0.25) is 0 Å². The Bertz CT molecular complexity index is 238. The Kier molecular flexibility index (Phi) is 1.40. The number of hydrogen-bond acceptors (Lipinski definition) is 1. The van der Waals surface area contributed by atoms with Gasteiger partial charge in [0.1, 0.15) is 0 Å². The molecule has 0 radical (unpaired) electrons. The Labute approximate surface area is 77.4 Å². The predicted octanol–water partition coefficient (Wildman–Crippen LogP) is 1.80. The first-order valence-electron chi connectivity index (χ1n) is 4.78. The van der Waals surface area contributed by atoms with Gasteiger partial charge in [-0.1, -0.05) is 12.2 Å². The highest BCUT2D eigenvalue weighted by Gasteiger charge is 2.54. The van der Waals surface area contributed by atoms with Gasteiger partial charge in [-0.15, -0.1) is 11.6 Å². The van der Waals surface area contributed by atoms with E-state index in [-0.39, 0.29) is 6.10 Å². The Morgan fingerprint density at radius 3 is 2.92 bits per heavy atom. The van der Waals surface area contributed by atoms with Crippen molar-refractivity contribution in [2.24, 2.45) is 23.7 Å². The zero-order valence-corrected chi connectivity index (χ0v) is 7.61. The van der Waals surface area contributed by atoms with E-state index >= 15 is 0 Å². The molecule has 0 amide bonds. The maximum Gasteiger partial charge on any atom is 0.0758 e. The van der Waals surface area contributed by atoms with E-state index in [9.17, 15) is 5.11 Å². The minimum Gasteiger partial charge on any atom is -0.389 e. The summed E-state index contributed by atoms with van der Waals surface area (Å²) in [4.78, 5) is 0. The molecule has 2 fully saturated rings. The molecule has 3 rings (SSSR count). The fraction of sp³-hybridized carbons (Fsp3) is 0.800. The third-order valence-corrected chi connectivity index (χ3v) is 4.48. The molecule has 0 unspecified atom stereocenters. The molecule has 1 nitrogen and oxygen atoms in total. The zero-order chi connectivity index (χ0) is 8.29. The molecule has 2 bridgehead atoms. The van der Waals surface area contributed by atoms with Crippen molar-refractivity contribution in [1.82, 2.24) is 0 Å². The lowest BCUT2D eigenvalue weighted by atomic mass is 9.80. The second-order valence-corrected chi connectivity index (χ2v) is 5.00. The predicted molar refractivity (Wildman–Crippen MR) is 48.0 cm³/mol. The van der Waals surface area contributed by atoms with Gasteiger partial charge in [0, 0.05) is 5.38 Å². The number of fused-ring (bicyclic) bond motifs is 5. The molecule has 0 heterocycles. The first kappa shape index (κ1) is 7.40. The lowest BCUT2D eigenvalue weighted by Gasteiger charge is -2.29. The highest BCUT2D eigenvalue weighted by Crippen LogP contribution is 2.57. The summed E-state index contributed by atoms with van der Waals surface area (Å²) in [5.41, 5.74) is 0. The lowest BCUT2D eigenvalue weighted by Crippen LogP contribution is -2.31. The van der Waals surface area contributed by atoms with Crippen LogP contribution < -0.4 is 0 Å². The van der Waals surface area contributed by atoms with Crippen molar-refractivity contribution in [3.8, 4) is 0 Å². The molecule has 66 valence electrons. The van der Waals surface area contributed by atoms with E-state index in [1.807, 2.05) is 6.08 Å². The van der Waals surface area contributed by atoms with Crippen molar-refractivity contribution >= 4 is 11.6 Å². The smallest absolute Gasteiger partial charge is 0.0758 e. The van der Waals surface area contributed by atoms with E-state index < -0.39 is 0 Å². The molecule has 2 heteroatoms. The van der Waals surface area contributed by atoms with Crippen LogP contribution in [0.3, 0.4) is 0 Å². The zero-order valence-electron chi connectivity index (χ0n) is 6.86. The van der Waals surface area contributed by atoms with Crippen LogP contribution in [-0.2, 0) is 0 Å². The molecule has 1 N–H and O–H groups in total. The normalized spacial score (nSPS) is 61.2.